The molecule has 0 aromatic heterocycles. The highest BCUT2D eigenvalue weighted by molar-refractivity contribution is 5.89. The molecule has 1 heterocycles. The molecule has 1 aromatic carbocycles. The molecule has 3 nitrogen and oxygen atoms in total. The fraction of sp³-hybridized carbons (Fsp3) is 0.656. The number of hydrogen-bond donors (Lipinski definition) is 1. The summed E-state index contributed by atoms with van der Waals surface area (Å²) in [6, 6.07) is 10.1. The highest BCUT2D eigenvalue weighted by atomic mass is 16.6. The van der Waals surface area contributed by atoms with Crippen molar-refractivity contribution in [2.45, 2.75) is 122 Å². The van der Waals surface area contributed by atoms with Crippen LogP contribution in [0.5, 0.6) is 0 Å². The minimum atomic E-state index is -0.552. The van der Waals surface area contributed by atoms with Gasteiger partial charge in [0.05, 0.1) is 13.1 Å². The lowest BCUT2D eigenvalue weighted by atomic mass is 9.85. The van der Waals surface area contributed by atoms with E-state index in [1.54, 1.807) is 0 Å². The number of esters is 1. The largest absolute Gasteiger partial charge is 0.444 e. The average molecular weight is 479 g/mol. The first-order valence-electron chi connectivity index (χ1n) is 14.4. The Morgan fingerprint density at radius 2 is 1.34 bits per heavy atom. The molecule has 3 heteroatoms. The molecule has 2 rings (SSSR count). The lowest BCUT2D eigenvalue weighted by Crippen LogP contribution is -2.87. The highest BCUT2D eigenvalue weighted by Gasteiger charge is 2.39. The van der Waals surface area contributed by atoms with Crippen LogP contribution in [0.25, 0.3) is 0 Å². The van der Waals surface area contributed by atoms with E-state index in [2.05, 4.69) is 35.9 Å². The van der Waals surface area contributed by atoms with Crippen LogP contribution in [0.2, 0.25) is 0 Å². The van der Waals surface area contributed by atoms with Gasteiger partial charge in [0.25, 0.3) is 0 Å². The summed E-state index contributed by atoms with van der Waals surface area (Å²) in [6.45, 7) is 4.18. The predicted molar refractivity (Wildman–Crippen MR) is 146 cm³/mol. The predicted octanol–water partition coefficient (Wildman–Crippen LogP) is 6.66. The first-order valence-corrected chi connectivity index (χ1v) is 14.4. The van der Waals surface area contributed by atoms with Crippen LogP contribution < -0.4 is 5.32 Å². The van der Waals surface area contributed by atoms with Crippen molar-refractivity contribution in [2.75, 3.05) is 13.1 Å². The third-order valence-electron chi connectivity index (χ3n) is 7.06. The minimum absolute atomic E-state index is 0.471. The Morgan fingerprint density at radius 1 is 0.800 bits per heavy atom. The summed E-state index contributed by atoms with van der Waals surface area (Å²) in [4.78, 5) is 12.4. The third-order valence-corrected chi connectivity index (χ3v) is 7.06. The fourth-order valence-electron chi connectivity index (χ4n) is 4.93. The van der Waals surface area contributed by atoms with Crippen LogP contribution in [-0.2, 0) is 15.1 Å². The van der Waals surface area contributed by atoms with Gasteiger partial charge in [-0.05, 0) is 23.8 Å². The van der Waals surface area contributed by atoms with Crippen molar-refractivity contribution in [3.8, 4) is 23.7 Å². The normalized spacial score (nSPS) is 14.3. The van der Waals surface area contributed by atoms with Gasteiger partial charge in [-0.3, -0.25) is 0 Å². The van der Waals surface area contributed by atoms with Crippen molar-refractivity contribution in [3.63, 3.8) is 0 Å². The highest BCUT2D eigenvalue weighted by Crippen LogP contribution is 2.33. The number of unbranched alkanes of at least 4 members (excludes halogenated alkanes) is 14. The first-order chi connectivity index (χ1) is 17.3. The molecule has 1 aromatic rings. The molecule has 0 unspecified atom stereocenters. The number of piperidine rings is 1. The monoisotopic (exact) mass is 478 g/mol. The van der Waals surface area contributed by atoms with Gasteiger partial charge in [-0.15, -0.1) is 0 Å². The SMILES string of the molecule is CCCCCCCCCCCCCCCCC#CC#CC(=O)OC1(c2ccccc2)CC[NH2+]CC1. The van der Waals surface area contributed by atoms with Crippen LogP contribution in [0.15, 0.2) is 30.3 Å². The zero-order valence-corrected chi connectivity index (χ0v) is 22.2. The van der Waals surface area contributed by atoms with Crippen LogP contribution in [0, 0.1) is 23.7 Å². The van der Waals surface area contributed by atoms with Gasteiger partial charge in [-0.1, -0.05) is 127 Å². The van der Waals surface area contributed by atoms with E-state index in [9.17, 15) is 4.79 Å². The summed E-state index contributed by atoms with van der Waals surface area (Å²) in [5.74, 6) is 10.7. The molecule has 35 heavy (non-hydrogen) atoms. The maximum absolute atomic E-state index is 12.4. The van der Waals surface area contributed by atoms with E-state index in [4.69, 9.17) is 4.74 Å². The number of ether oxygens (including phenoxy) is 1. The van der Waals surface area contributed by atoms with E-state index in [1.165, 1.54) is 83.5 Å². The lowest BCUT2D eigenvalue weighted by molar-refractivity contribution is -0.668. The second-order valence-corrected chi connectivity index (χ2v) is 10.0. The Balaban J connectivity index is 1.51. The van der Waals surface area contributed by atoms with Crippen LogP contribution >= 0.6 is 0 Å². The number of hydrogen-bond acceptors (Lipinski definition) is 2. The molecule has 0 atom stereocenters. The van der Waals surface area contributed by atoms with Gasteiger partial charge >= 0.3 is 5.97 Å². The summed E-state index contributed by atoms with van der Waals surface area (Å²) in [6.07, 6.45) is 21.5. The van der Waals surface area contributed by atoms with Gasteiger partial charge in [0.15, 0.2) is 0 Å². The molecule has 1 fully saturated rings. The summed E-state index contributed by atoms with van der Waals surface area (Å²) in [5.41, 5.74) is 0.510. The van der Waals surface area contributed by atoms with Gasteiger partial charge in [0.2, 0.25) is 0 Å². The molecular weight excluding hydrogens is 430 g/mol. The average Bonchev–Trinajstić information content (AvgIpc) is 2.89. The molecule has 0 saturated carbocycles. The third kappa shape index (κ3) is 12.9. The Kier molecular flexibility index (Phi) is 15.8. The smallest absolute Gasteiger partial charge is 0.386 e. The van der Waals surface area contributed by atoms with Gasteiger partial charge in [-0.25, -0.2) is 4.79 Å². The van der Waals surface area contributed by atoms with E-state index in [1.807, 2.05) is 30.3 Å². The molecule has 0 radical (unpaired) electrons. The van der Waals surface area contributed by atoms with Gasteiger partial charge in [-0.2, -0.15) is 0 Å². The van der Waals surface area contributed by atoms with Crippen LogP contribution in [-0.4, -0.2) is 19.1 Å². The molecule has 192 valence electrons. The van der Waals surface area contributed by atoms with Gasteiger partial charge < -0.3 is 10.1 Å². The zero-order chi connectivity index (χ0) is 24.9. The topological polar surface area (TPSA) is 42.9 Å². The molecule has 0 bridgehead atoms. The number of carbonyl (C=O) groups excluding carboxylic acids is 1. The van der Waals surface area contributed by atoms with E-state index in [-0.39, 0.29) is 0 Å². The second kappa shape index (κ2) is 19.0. The summed E-state index contributed by atoms with van der Waals surface area (Å²) in [7, 11) is 0. The van der Waals surface area contributed by atoms with Crippen LogP contribution in [0.3, 0.4) is 0 Å². The van der Waals surface area contributed by atoms with Crippen molar-refractivity contribution in [1.29, 1.82) is 0 Å². The molecule has 0 amide bonds. The van der Waals surface area contributed by atoms with Crippen molar-refractivity contribution < 1.29 is 14.8 Å². The van der Waals surface area contributed by atoms with Crippen molar-refractivity contribution in [2.24, 2.45) is 0 Å². The number of quaternary nitrogens is 1. The van der Waals surface area contributed by atoms with Gasteiger partial charge in [0, 0.05) is 25.2 Å². The quantitative estimate of drug-likeness (QED) is 0.125. The Morgan fingerprint density at radius 3 is 1.91 bits per heavy atom. The van der Waals surface area contributed by atoms with Crippen molar-refractivity contribution >= 4 is 5.97 Å². The summed E-state index contributed by atoms with van der Waals surface area (Å²) in [5, 5.41) is 2.27. The second-order valence-electron chi connectivity index (χ2n) is 10.0. The number of benzene rings is 1. The summed E-state index contributed by atoms with van der Waals surface area (Å²) < 4.78 is 5.90. The first kappa shape index (κ1) is 29.0. The van der Waals surface area contributed by atoms with Crippen LogP contribution in [0.1, 0.15) is 122 Å². The number of nitrogens with two attached hydrogens (primary N) is 1. The Bertz CT molecular complexity index is 803. The van der Waals surface area contributed by atoms with Crippen LogP contribution in [0.4, 0.5) is 0 Å². The maximum atomic E-state index is 12.4. The molecule has 0 aliphatic carbocycles. The van der Waals surface area contributed by atoms with Gasteiger partial charge in [0.1, 0.15) is 5.60 Å². The minimum Gasteiger partial charge on any atom is -0.444 e. The van der Waals surface area contributed by atoms with E-state index in [0.29, 0.717) is 0 Å². The Hall–Kier alpha value is -2.23. The fourth-order valence-corrected chi connectivity index (χ4v) is 4.93. The standard InChI is InChI=1S/C32H47NO2/c1-2-3-4-5-6-7-8-9-10-11-12-13-14-15-16-17-18-22-25-31(34)35-32(26-28-33-29-27-32)30-23-20-19-21-24-30/h19-21,23-24,33H,2-16,26-29H2,1H3/p+1. The van der Waals surface area contributed by atoms with E-state index >= 15 is 0 Å². The maximum Gasteiger partial charge on any atom is 0.386 e. The molecule has 1 aliphatic heterocycles. The van der Waals surface area contributed by atoms with E-state index in [0.717, 1.165) is 44.3 Å². The molecular formula is C32H48NO2+. The van der Waals surface area contributed by atoms with Crippen molar-refractivity contribution in [1.82, 2.24) is 0 Å². The molecule has 1 aliphatic rings. The molecule has 0 spiro atoms. The number of rotatable bonds is 16. The van der Waals surface area contributed by atoms with Crippen molar-refractivity contribution in [3.05, 3.63) is 35.9 Å². The zero-order valence-electron chi connectivity index (χ0n) is 22.2. The Labute approximate surface area is 215 Å². The molecule has 1 saturated heterocycles. The van der Waals surface area contributed by atoms with E-state index < -0.39 is 11.6 Å². The lowest BCUT2D eigenvalue weighted by Gasteiger charge is -2.35. The number of carbonyl (C=O) groups is 1. The summed E-state index contributed by atoms with van der Waals surface area (Å²) >= 11 is 0. The molecule has 2 N–H and O–H groups in total.